The highest BCUT2D eigenvalue weighted by atomic mass is 16.5. The predicted octanol–water partition coefficient (Wildman–Crippen LogP) is 3.80. The van der Waals surface area contributed by atoms with Gasteiger partial charge in [-0.15, -0.1) is 0 Å². The molecule has 7 nitrogen and oxygen atoms in total. The Kier molecular flexibility index (Phi) is 7.15. The molecule has 35 heavy (non-hydrogen) atoms. The molecular weight excluding hydrogens is 446 g/mol. The second-order valence-corrected chi connectivity index (χ2v) is 8.53. The Morgan fingerprint density at radius 1 is 0.914 bits per heavy atom. The van der Waals surface area contributed by atoms with E-state index in [1.165, 1.54) is 6.92 Å². The molecule has 0 fully saturated rings. The van der Waals surface area contributed by atoms with Crippen LogP contribution in [0.25, 0.3) is 11.1 Å². The number of esters is 1. The number of rotatable bonds is 9. The average molecular weight is 474 g/mol. The fourth-order valence-electron chi connectivity index (χ4n) is 4.36. The Morgan fingerprint density at radius 3 is 2.03 bits per heavy atom. The molecule has 0 aliphatic heterocycles. The van der Waals surface area contributed by atoms with Crippen LogP contribution in [-0.4, -0.2) is 42.7 Å². The summed E-state index contributed by atoms with van der Waals surface area (Å²) in [4.78, 5) is 37.4. The number of nitrogens with one attached hydrogen (secondary N) is 1. The molecule has 2 N–H and O–H groups in total. The van der Waals surface area contributed by atoms with Gasteiger partial charge in [0.25, 0.3) is 0 Å². The van der Waals surface area contributed by atoms with Crippen LogP contribution < -0.4 is 10.1 Å². The van der Waals surface area contributed by atoms with Crippen molar-refractivity contribution in [2.45, 2.75) is 25.3 Å². The third-order valence-electron chi connectivity index (χ3n) is 6.28. The number of hydrogen-bond donors (Lipinski definition) is 2. The van der Waals surface area contributed by atoms with Crippen molar-refractivity contribution in [1.29, 1.82) is 0 Å². The minimum atomic E-state index is -1.20. The van der Waals surface area contributed by atoms with Crippen molar-refractivity contribution in [1.82, 2.24) is 5.32 Å². The van der Waals surface area contributed by atoms with Crippen molar-refractivity contribution < 1.29 is 29.0 Å². The maximum Gasteiger partial charge on any atom is 0.325 e. The van der Waals surface area contributed by atoms with Gasteiger partial charge in [-0.05, 0) is 53.3 Å². The summed E-state index contributed by atoms with van der Waals surface area (Å²) in [5, 5.41) is 11.6. The molecule has 1 aliphatic carbocycles. The number of carbonyl (C=O) groups is 3. The molecule has 1 aliphatic rings. The molecule has 3 aromatic rings. The van der Waals surface area contributed by atoms with Gasteiger partial charge in [-0.1, -0.05) is 60.7 Å². The molecule has 0 spiro atoms. The van der Waals surface area contributed by atoms with Gasteiger partial charge in [0.2, 0.25) is 5.91 Å². The molecule has 0 radical (unpaired) electrons. The van der Waals surface area contributed by atoms with Gasteiger partial charge in [-0.3, -0.25) is 14.4 Å². The van der Waals surface area contributed by atoms with E-state index in [-0.39, 0.29) is 18.9 Å². The molecule has 1 amide bonds. The maximum atomic E-state index is 13.2. The normalized spacial score (nSPS) is 13.8. The van der Waals surface area contributed by atoms with Crippen molar-refractivity contribution >= 4 is 17.8 Å². The van der Waals surface area contributed by atoms with Gasteiger partial charge < -0.3 is 19.9 Å². The molecule has 0 saturated heterocycles. The van der Waals surface area contributed by atoms with E-state index in [1.54, 1.807) is 31.4 Å². The summed E-state index contributed by atoms with van der Waals surface area (Å²) in [6.45, 7) is 1.43. The van der Waals surface area contributed by atoms with Crippen molar-refractivity contribution in [3.8, 4) is 16.9 Å². The highest BCUT2D eigenvalue weighted by molar-refractivity contribution is 5.99. The fraction of sp³-hybridized carbons (Fsp3) is 0.250. The maximum absolute atomic E-state index is 13.2. The number of carboxylic acids is 1. The van der Waals surface area contributed by atoms with E-state index in [0.717, 1.165) is 27.8 Å². The van der Waals surface area contributed by atoms with E-state index in [4.69, 9.17) is 9.47 Å². The number of benzene rings is 3. The lowest BCUT2D eigenvalue weighted by atomic mass is 9.96. The number of methoxy groups -OCH3 is 1. The first-order valence-corrected chi connectivity index (χ1v) is 11.4. The first-order chi connectivity index (χ1) is 16.9. The molecule has 3 aromatic carbocycles. The number of fused-ring (bicyclic) bond motifs is 3. The van der Waals surface area contributed by atoms with Gasteiger partial charge in [-0.2, -0.15) is 0 Å². The monoisotopic (exact) mass is 473 g/mol. The standard InChI is InChI=1S/C28H27NO6/c1-17(27(31)32)29-26(30)24(15-18-11-13-19(34-2)14-12-18)28(33)35-16-25-22-9-5-3-7-20(22)21-8-4-6-10-23(21)25/h3-14,17,24-25H,15-16H2,1-2H3,(H,29,30)(H,31,32). The highest BCUT2D eigenvalue weighted by Gasteiger charge is 2.33. The molecule has 180 valence electrons. The average Bonchev–Trinajstić information content (AvgIpc) is 3.19. The van der Waals surface area contributed by atoms with Crippen LogP contribution in [0.5, 0.6) is 5.75 Å². The molecule has 2 unspecified atom stereocenters. The lowest BCUT2D eigenvalue weighted by Crippen LogP contribution is -2.45. The highest BCUT2D eigenvalue weighted by Crippen LogP contribution is 2.44. The van der Waals surface area contributed by atoms with E-state index < -0.39 is 29.8 Å². The van der Waals surface area contributed by atoms with Crippen molar-refractivity contribution in [2.75, 3.05) is 13.7 Å². The number of carboxylic acid groups (broad SMARTS) is 1. The summed E-state index contributed by atoms with van der Waals surface area (Å²) >= 11 is 0. The van der Waals surface area contributed by atoms with Crippen LogP contribution >= 0.6 is 0 Å². The summed E-state index contributed by atoms with van der Waals surface area (Å²) in [7, 11) is 1.55. The van der Waals surface area contributed by atoms with Crippen molar-refractivity contribution in [3.05, 3.63) is 89.5 Å². The van der Waals surface area contributed by atoms with Gasteiger partial charge in [0.15, 0.2) is 0 Å². The van der Waals surface area contributed by atoms with Crippen LogP contribution in [0.15, 0.2) is 72.8 Å². The van der Waals surface area contributed by atoms with Crippen LogP contribution in [0.2, 0.25) is 0 Å². The first-order valence-electron chi connectivity index (χ1n) is 11.4. The van der Waals surface area contributed by atoms with Crippen LogP contribution in [0, 0.1) is 5.92 Å². The summed E-state index contributed by atoms with van der Waals surface area (Å²) in [6.07, 6.45) is 0.0683. The Labute approximate surface area is 203 Å². The lowest BCUT2D eigenvalue weighted by Gasteiger charge is -2.20. The third-order valence-corrected chi connectivity index (χ3v) is 6.28. The number of hydrogen-bond acceptors (Lipinski definition) is 5. The largest absolute Gasteiger partial charge is 0.497 e. The Morgan fingerprint density at radius 2 is 1.49 bits per heavy atom. The second-order valence-electron chi connectivity index (χ2n) is 8.53. The molecular formula is C28H27NO6. The minimum absolute atomic E-state index is 0.0683. The second kappa shape index (κ2) is 10.4. The predicted molar refractivity (Wildman–Crippen MR) is 130 cm³/mol. The molecule has 2 atom stereocenters. The van der Waals surface area contributed by atoms with Gasteiger partial charge in [-0.25, -0.2) is 0 Å². The summed E-state index contributed by atoms with van der Waals surface area (Å²) in [5.74, 6) is -3.26. The van der Waals surface area contributed by atoms with Gasteiger partial charge in [0.1, 0.15) is 24.3 Å². The van der Waals surface area contributed by atoms with E-state index in [0.29, 0.717) is 5.75 Å². The fourth-order valence-corrected chi connectivity index (χ4v) is 4.36. The number of amides is 1. The van der Waals surface area contributed by atoms with E-state index >= 15 is 0 Å². The third kappa shape index (κ3) is 5.19. The van der Waals surface area contributed by atoms with Crippen LogP contribution in [-0.2, 0) is 25.5 Å². The van der Waals surface area contributed by atoms with Crippen LogP contribution in [0.3, 0.4) is 0 Å². The van der Waals surface area contributed by atoms with Crippen LogP contribution in [0.4, 0.5) is 0 Å². The van der Waals surface area contributed by atoms with Gasteiger partial charge in [0, 0.05) is 5.92 Å². The summed E-state index contributed by atoms with van der Waals surface area (Å²) < 4.78 is 10.9. The number of aliphatic carboxylic acids is 1. The quantitative estimate of drug-likeness (QED) is 0.362. The van der Waals surface area contributed by atoms with E-state index in [2.05, 4.69) is 5.32 Å². The number of carbonyl (C=O) groups excluding carboxylic acids is 2. The number of ether oxygens (including phenoxy) is 2. The molecule has 0 aromatic heterocycles. The van der Waals surface area contributed by atoms with Crippen LogP contribution in [0.1, 0.15) is 29.5 Å². The van der Waals surface area contributed by atoms with E-state index in [9.17, 15) is 19.5 Å². The van der Waals surface area contributed by atoms with Gasteiger partial charge in [0.05, 0.1) is 7.11 Å². The Bertz CT molecular complexity index is 1190. The zero-order valence-electron chi connectivity index (χ0n) is 19.6. The molecule has 4 rings (SSSR count). The zero-order chi connectivity index (χ0) is 24.9. The summed E-state index contributed by atoms with van der Waals surface area (Å²) in [5.41, 5.74) is 5.07. The topological polar surface area (TPSA) is 102 Å². The Balaban J connectivity index is 1.53. The van der Waals surface area contributed by atoms with Crippen molar-refractivity contribution in [2.24, 2.45) is 5.92 Å². The lowest BCUT2D eigenvalue weighted by molar-refractivity contribution is -0.154. The molecule has 0 saturated carbocycles. The smallest absolute Gasteiger partial charge is 0.325 e. The zero-order valence-corrected chi connectivity index (χ0v) is 19.6. The van der Waals surface area contributed by atoms with Gasteiger partial charge >= 0.3 is 11.9 Å². The van der Waals surface area contributed by atoms with Crippen molar-refractivity contribution in [3.63, 3.8) is 0 Å². The summed E-state index contributed by atoms with van der Waals surface area (Å²) in [6, 6.07) is 21.8. The molecule has 7 heteroatoms. The van der Waals surface area contributed by atoms with E-state index in [1.807, 2.05) is 48.5 Å². The first kappa shape index (κ1) is 24.0. The Hall–Kier alpha value is -4.13. The minimum Gasteiger partial charge on any atom is -0.497 e. The molecule has 0 heterocycles. The molecule has 0 bridgehead atoms. The SMILES string of the molecule is COc1ccc(CC(C(=O)NC(C)C(=O)O)C(=O)OCC2c3ccccc3-c3ccccc32)cc1.